The quantitative estimate of drug-likeness (QED) is 0.686. The van der Waals surface area contributed by atoms with E-state index in [9.17, 15) is 4.79 Å². The first kappa shape index (κ1) is 17.5. The van der Waals surface area contributed by atoms with Gasteiger partial charge in [-0.2, -0.15) is 5.10 Å². The zero-order chi connectivity index (χ0) is 18.6. The van der Waals surface area contributed by atoms with Gasteiger partial charge in [0.15, 0.2) is 0 Å². The number of rotatable bonds is 3. The van der Waals surface area contributed by atoms with E-state index in [1.165, 1.54) is 0 Å². The van der Waals surface area contributed by atoms with Crippen molar-refractivity contribution in [1.82, 2.24) is 5.43 Å². The Morgan fingerprint density at radius 2 is 1.67 bits per heavy atom. The molecule has 0 unspecified atom stereocenters. The number of anilines is 1. The lowest BCUT2D eigenvalue weighted by atomic mass is 9.99. The fourth-order valence-electron chi connectivity index (χ4n) is 3.16. The topological polar surface area (TPSA) is 44.7 Å². The molecule has 0 saturated carbocycles. The molecule has 3 aromatic carbocycles. The SMILES string of the molecule is O=C1CNN=C(c2ccccc2)c2cc(Br)ccc2N1Cc1ccccc1. The Balaban J connectivity index is 1.84. The summed E-state index contributed by atoms with van der Waals surface area (Å²) in [6, 6.07) is 26.0. The lowest BCUT2D eigenvalue weighted by Gasteiger charge is -2.28. The molecule has 1 N–H and O–H groups in total. The maximum Gasteiger partial charge on any atom is 0.248 e. The molecule has 1 amide bonds. The van der Waals surface area contributed by atoms with E-state index in [-0.39, 0.29) is 12.5 Å². The average Bonchev–Trinajstić information content (AvgIpc) is 2.70. The van der Waals surface area contributed by atoms with Crippen LogP contribution in [0.15, 0.2) is 88.4 Å². The van der Waals surface area contributed by atoms with Gasteiger partial charge in [0.25, 0.3) is 0 Å². The highest BCUT2D eigenvalue weighted by molar-refractivity contribution is 9.10. The van der Waals surface area contributed by atoms with Crippen LogP contribution in [0, 0.1) is 0 Å². The first-order valence-corrected chi connectivity index (χ1v) is 9.52. The highest BCUT2D eigenvalue weighted by Gasteiger charge is 2.24. The third kappa shape index (κ3) is 3.78. The average molecular weight is 420 g/mol. The summed E-state index contributed by atoms with van der Waals surface area (Å²) in [6.07, 6.45) is 0. The number of hydrogen-bond acceptors (Lipinski definition) is 3. The van der Waals surface area contributed by atoms with Crippen molar-refractivity contribution >= 4 is 33.2 Å². The minimum Gasteiger partial charge on any atom is -0.306 e. The Morgan fingerprint density at radius 3 is 2.41 bits per heavy atom. The summed E-state index contributed by atoms with van der Waals surface area (Å²) >= 11 is 3.56. The third-order valence-electron chi connectivity index (χ3n) is 4.46. The molecule has 0 fully saturated rings. The number of hydrogen-bond donors (Lipinski definition) is 1. The number of nitrogens with one attached hydrogen (secondary N) is 1. The summed E-state index contributed by atoms with van der Waals surface area (Å²) in [5.74, 6) is -0.0155. The summed E-state index contributed by atoms with van der Waals surface area (Å²) in [5, 5.41) is 4.53. The second-order valence-electron chi connectivity index (χ2n) is 6.29. The van der Waals surface area contributed by atoms with Gasteiger partial charge in [-0.1, -0.05) is 76.6 Å². The number of nitrogens with zero attached hydrogens (tertiary/aromatic N) is 2. The molecule has 3 aromatic rings. The molecular formula is C22H18BrN3O. The molecule has 0 aliphatic carbocycles. The number of carbonyl (C=O) groups excluding carboxylic acids is 1. The van der Waals surface area contributed by atoms with Crippen LogP contribution in [-0.2, 0) is 11.3 Å². The molecule has 0 bridgehead atoms. The molecule has 134 valence electrons. The van der Waals surface area contributed by atoms with Crippen molar-refractivity contribution in [3.8, 4) is 0 Å². The number of carbonyl (C=O) groups is 1. The molecule has 4 nitrogen and oxygen atoms in total. The van der Waals surface area contributed by atoms with Crippen molar-refractivity contribution in [2.75, 3.05) is 11.4 Å². The standard InChI is InChI=1S/C22H18BrN3O/c23-18-11-12-20-19(13-18)22(17-9-5-2-6-10-17)25-24-14-21(27)26(20)15-16-7-3-1-4-8-16/h1-13,24H,14-15H2. The van der Waals surface area contributed by atoms with E-state index in [1.54, 1.807) is 0 Å². The molecular weight excluding hydrogens is 402 g/mol. The summed E-state index contributed by atoms with van der Waals surface area (Å²) < 4.78 is 0.942. The highest BCUT2D eigenvalue weighted by atomic mass is 79.9. The molecule has 5 heteroatoms. The Kier molecular flexibility index (Phi) is 5.03. The van der Waals surface area contributed by atoms with Gasteiger partial charge in [0.2, 0.25) is 5.91 Å². The molecule has 0 saturated heterocycles. The first-order valence-electron chi connectivity index (χ1n) is 8.72. The van der Waals surface area contributed by atoms with Crippen LogP contribution in [0.1, 0.15) is 16.7 Å². The molecule has 0 spiro atoms. The smallest absolute Gasteiger partial charge is 0.248 e. The first-order chi connectivity index (χ1) is 13.2. The second kappa shape index (κ2) is 7.76. The Labute approximate surface area is 166 Å². The van der Waals surface area contributed by atoms with Gasteiger partial charge in [0.1, 0.15) is 6.54 Å². The van der Waals surface area contributed by atoms with E-state index < -0.39 is 0 Å². The van der Waals surface area contributed by atoms with Gasteiger partial charge in [-0.25, -0.2) is 0 Å². The van der Waals surface area contributed by atoms with Crippen molar-refractivity contribution in [2.45, 2.75) is 6.54 Å². The van der Waals surface area contributed by atoms with Crippen molar-refractivity contribution in [1.29, 1.82) is 0 Å². The third-order valence-corrected chi connectivity index (χ3v) is 4.95. The maximum absolute atomic E-state index is 12.8. The number of benzene rings is 3. The Morgan fingerprint density at radius 1 is 0.963 bits per heavy atom. The van der Waals surface area contributed by atoms with E-state index in [2.05, 4.69) is 26.5 Å². The molecule has 1 aliphatic heterocycles. The zero-order valence-corrected chi connectivity index (χ0v) is 16.2. The summed E-state index contributed by atoms with van der Waals surface area (Å²) in [6.45, 7) is 0.663. The largest absolute Gasteiger partial charge is 0.306 e. The van der Waals surface area contributed by atoms with Crippen LogP contribution < -0.4 is 10.3 Å². The van der Waals surface area contributed by atoms with E-state index in [1.807, 2.05) is 83.8 Å². The van der Waals surface area contributed by atoms with Crippen LogP contribution in [0.5, 0.6) is 0 Å². The predicted molar refractivity (Wildman–Crippen MR) is 112 cm³/mol. The minimum atomic E-state index is -0.0155. The van der Waals surface area contributed by atoms with Gasteiger partial charge in [0, 0.05) is 15.6 Å². The molecule has 4 rings (SSSR count). The lowest BCUT2D eigenvalue weighted by molar-refractivity contribution is -0.117. The van der Waals surface area contributed by atoms with E-state index >= 15 is 0 Å². The van der Waals surface area contributed by atoms with Gasteiger partial charge >= 0.3 is 0 Å². The van der Waals surface area contributed by atoms with Crippen LogP contribution in [0.4, 0.5) is 5.69 Å². The van der Waals surface area contributed by atoms with Gasteiger partial charge in [-0.15, -0.1) is 0 Å². The zero-order valence-electron chi connectivity index (χ0n) is 14.6. The monoisotopic (exact) mass is 419 g/mol. The minimum absolute atomic E-state index is 0.0155. The van der Waals surface area contributed by atoms with E-state index in [4.69, 9.17) is 0 Å². The highest BCUT2D eigenvalue weighted by Crippen LogP contribution is 2.29. The second-order valence-corrected chi connectivity index (χ2v) is 7.20. The molecule has 0 radical (unpaired) electrons. The van der Waals surface area contributed by atoms with Crippen LogP contribution in [-0.4, -0.2) is 18.2 Å². The predicted octanol–water partition coefficient (Wildman–Crippen LogP) is 4.34. The number of hydrazone groups is 1. The van der Waals surface area contributed by atoms with Crippen molar-refractivity contribution in [3.63, 3.8) is 0 Å². The molecule has 0 atom stereocenters. The Bertz CT molecular complexity index is 987. The molecule has 1 aliphatic rings. The van der Waals surface area contributed by atoms with Crippen LogP contribution in [0.25, 0.3) is 0 Å². The van der Waals surface area contributed by atoms with Gasteiger partial charge in [0.05, 0.1) is 17.9 Å². The fraction of sp³-hybridized carbons (Fsp3) is 0.0909. The van der Waals surface area contributed by atoms with Gasteiger partial charge < -0.3 is 10.3 Å². The molecule has 0 aromatic heterocycles. The maximum atomic E-state index is 12.8. The van der Waals surface area contributed by atoms with Crippen LogP contribution >= 0.6 is 15.9 Å². The molecule has 27 heavy (non-hydrogen) atoms. The van der Waals surface area contributed by atoms with Gasteiger partial charge in [-0.05, 0) is 23.8 Å². The van der Waals surface area contributed by atoms with Crippen molar-refractivity contribution in [3.05, 3.63) is 100 Å². The van der Waals surface area contributed by atoms with E-state index in [0.29, 0.717) is 6.54 Å². The van der Waals surface area contributed by atoms with Gasteiger partial charge in [-0.3, -0.25) is 4.79 Å². The van der Waals surface area contributed by atoms with Crippen molar-refractivity contribution in [2.24, 2.45) is 5.10 Å². The van der Waals surface area contributed by atoms with Crippen LogP contribution in [0.3, 0.4) is 0 Å². The lowest BCUT2D eigenvalue weighted by Crippen LogP contribution is -2.39. The number of fused-ring (bicyclic) bond motifs is 1. The summed E-state index contributed by atoms with van der Waals surface area (Å²) in [4.78, 5) is 14.7. The van der Waals surface area contributed by atoms with E-state index in [0.717, 1.165) is 32.6 Å². The number of amides is 1. The van der Waals surface area contributed by atoms with Crippen molar-refractivity contribution < 1.29 is 4.79 Å². The number of halogens is 1. The Hall–Kier alpha value is -2.92. The van der Waals surface area contributed by atoms with Crippen LogP contribution in [0.2, 0.25) is 0 Å². The fourth-order valence-corrected chi connectivity index (χ4v) is 3.53. The molecule has 1 heterocycles. The summed E-state index contributed by atoms with van der Waals surface area (Å²) in [5.41, 5.74) is 7.61. The normalized spacial score (nSPS) is 13.9. The summed E-state index contributed by atoms with van der Waals surface area (Å²) in [7, 11) is 0.